The Bertz CT molecular complexity index is 696. The maximum Gasteiger partial charge on any atom is 0.328 e. The average molecular weight is 303 g/mol. The number of anilines is 1. The summed E-state index contributed by atoms with van der Waals surface area (Å²) in [5.74, 6) is -1.41. The van der Waals surface area contributed by atoms with Crippen molar-refractivity contribution < 1.29 is 14.7 Å². The van der Waals surface area contributed by atoms with Gasteiger partial charge in [0, 0.05) is 23.0 Å². The number of carboxylic acids is 1. The molecule has 1 aromatic heterocycles. The van der Waals surface area contributed by atoms with Crippen molar-refractivity contribution in [2.45, 2.75) is 0 Å². The van der Waals surface area contributed by atoms with Gasteiger partial charge >= 0.3 is 5.97 Å². The minimum absolute atomic E-state index is 0.224. The molecule has 0 aliphatic heterocycles. The smallest absolute Gasteiger partial charge is 0.328 e. The number of benzene rings is 1. The normalized spacial score (nSPS) is 10.5. The topological polar surface area (TPSA) is 79.3 Å². The predicted molar refractivity (Wildman–Crippen MR) is 80.3 cm³/mol. The van der Waals surface area contributed by atoms with E-state index in [9.17, 15) is 9.59 Å². The van der Waals surface area contributed by atoms with Crippen LogP contribution < -0.4 is 5.32 Å². The summed E-state index contributed by atoms with van der Waals surface area (Å²) in [5.41, 5.74) is 1.39. The molecule has 0 radical (unpaired) electrons. The highest BCUT2D eigenvalue weighted by molar-refractivity contribution is 6.30. The van der Waals surface area contributed by atoms with Gasteiger partial charge in [0.05, 0.1) is 0 Å². The number of pyridine rings is 1. The summed E-state index contributed by atoms with van der Waals surface area (Å²) in [6, 6.07) is 9.90. The molecular weight excluding hydrogens is 292 g/mol. The molecule has 1 amide bonds. The van der Waals surface area contributed by atoms with Crippen LogP contribution in [0.4, 0.5) is 5.69 Å². The second-order valence-electron chi connectivity index (χ2n) is 4.11. The summed E-state index contributed by atoms with van der Waals surface area (Å²) in [6.45, 7) is 0. The molecule has 0 unspecified atom stereocenters. The van der Waals surface area contributed by atoms with Crippen LogP contribution in [-0.4, -0.2) is 22.0 Å². The Labute approximate surface area is 125 Å². The van der Waals surface area contributed by atoms with Crippen molar-refractivity contribution >= 4 is 35.2 Å². The van der Waals surface area contributed by atoms with Crippen molar-refractivity contribution in [2.75, 3.05) is 5.32 Å². The fourth-order valence-corrected chi connectivity index (χ4v) is 1.76. The molecule has 21 heavy (non-hydrogen) atoms. The van der Waals surface area contributed by atoms with Gasteiger partial charge in [-0.05, 0) is 35.9 Å². The lowest BCUT2D eigenvalue weighted by molar-refractivity contribution is -0.131. The zero-order valence-electron chi connectivity index (χ0n) is 10.8. The largest absolute Gasteiger partial charge is 0.478 e. The van der Waals surface area contributed by atoms with Crippen LogP contribution in [0.5, 0.6) is 0 Å². The molecule has 0 aliphatic carbocycles. The van der Waals surface area contributed by atoms with Gasteiger partial charge in [0.15, 0.2) is 0 Å². The first-order valence-corrected chi connectivity index (χ1v) is 6.36. The third kappa shape index (κ3) is 4.43. The maximum atomic E-state index is 12.0. The Morgan fingerprint density at radius 3 is 2.67 bits per heavy atom. The van der Waals surface area contributed by atoms with E-state index in [0.29, 0.717) is 16.3 Å². The van der Waals surface area contributed by atoms with Gasteiger partial charge in [0.1, 0.15) is 5.69 Å². The minimum Gasteiger partial charge on any atom is -0.478 e. The average Bonchev–Trinajstić information content (AvgIpc) is 2.45. The molecule has 0 saturated heterocycles. The molecule has 106 valence electrons. The van der Waals surface area contributed by atoms with Crippen LogP contribution >= 0.6 is 11.6 Å². The van der Waals surface area contributed by atoms with Crippen molar-refractivity contribution in [1.82, 2.24) is 4.98 Å². The molecule has 2 aromatic rings. The molecule has 1 aromatic carbocycles. The molecule has 0 bridgehead atoms. The fourth-order valence-electron chi connectivity index (χ4n) is 1.57. The van der Waals surface area contributed by atoms with Crippen LogP contribution in [-0.2, 0) is 4.79 Å². The van der Waals surface area contributed by atoms with E-state index in [1.54, 1.807) is 30.3 Å². The minimum atomic E-state index is -1.04. The van der Waals surface area contributed by atoms with Crippen LogP contribution in [0.1, 0.15) is 16.1 Å². The van der Waals surface area contributed by atoms with E-state index in [4.69, 9.17) is 16.7 Å². The van der Waals surface area contributed by atoms with Gasteiger partial charge < -0.3 is 10.4 Å². The van der Waals surface area contributed by atoms with Gasteiger partial charge in [-0.2, -0.15) is 0 Å². The van der Waals surface area contributed by atoms with Crippen molar-refractivity contribution in [3.8, 4) is 0 Å². The predicted octanol–water partition coefficient (Wildman–Crippen LogP) is 3.09. The van der Waals surface area contributed by atoms with Gasteiger partial charge in [-0.25, -0.2) is 4.79 Å². The quantitative estimate of drug-likeness (QED) is 0.851. The number of nitrogens with one attached hydrogen (secondary N) is 1. The highest BCUT2D eigenvalue weighted by atomic mass is 35.5. The molecule has 5 nitrogen and oxygen atoms in total. The van der Waals surface area contributed by atoms with Crippen molar-refractivity contribution in [2.24, 2.45) is 0 Å². The molecule has 2 N–H and O–H groups in total. The maximum absolute atomic E-state index is 12.0. The van der Waals surface area contributed by atoms with E-state index in [2.05, 4.69) is 10.3 Å². The first kappa shape index (κ1) is 14.7. The van der Waals surface area contributed by atoms with E-state index in [1.807, 2.05) is 0 Å². The van der Waals surface area contributed by atoms with Crippen LogP contribution in [0.25, 0.3) is 6.08 Å². The molecular formula is C15H11ClN2O3. The number of hydrogen-bond acceptors (Lipinski definition) is 3. The monoisotopic (exact) mass is 302 g/mol. The number of amides is 1. The third-order valence-electron chi connectivity index (χ3n) is 2.52. The fraction of sp³-hybridized carbons (Fsp3) is 0. The molecule has 2 rings (SSSR count). The molecule has 0 spiro atoms. The Balaban J connectivity index is 2.08. The van der Waals surface area contributed by atoms with Gasteiger partial charge in [-0.3, -0.25) is 9.78 Å². The van der Waals surface area contributed by atoms with Gasteiger partial charge in [0.2, 0.25) is 0 Å². The van der Waals surface area contributed by atoms with E-state index in [1.165, 1.54) is 18.3 Å². The summed E-state index contributed by atoms with van der Waals surface area (Å²) in [6.07, 6.45) is 3.82. The molecule has 0 aliphatic rings. The van der Waals surface area contributed by atoms with Crippen LogP contribution in [0.2, 0.25) is 5.02 Å². The number of carbonyl (C=O) groups is 2. The Hall–Kier alpha value is -2.66. The summed E-state index contributed by atoms with van der Waals surface area (Å²) in [7, 11) is 0. The number of aliphatic carboxylic acids is 1. The van der Waals surface area contributed by atoms with Crippen molar-refractivity contribution in [1.29, 1.82) is 0 Å². The standard InChI is InChI=1S/C15H11ClN2O3/c16-11-2-1-3-12(8-11)18-15(21)13-6-4-10(9-17-13)5-7-14(19)20/h1-9H,(H,18,21)(H,19,20). The molecule has 0 saturated carbocycles. The summed E-state index contributed by atoms with van der Waals surface area (Å²) in [5, 5.41) is 11.7. The van der Waals surface area contributed by atoms with E-state index in [0.717, 1.165) is 6.08 Å². The lowest BCUT2D eigenvalue weighted by atomic mass is 10.2. The van der Waals surface area contributed by atoms with Crippen LogP contribution in [0.15, 0.2) is 48.7 Å². The van der Waals surface area contributed by atoms with Crippen LogP contribution in [0.3, 0.4) is 0 Å². The Morgan fingerprint density at radius 1 is 1.24 bits per heavy atom. The molecule has 6 heteroatoms. The van der Waals surface area contributed by atoms with Crippen molar-refractivity contribution in [3.05, 3.63) is 65.0 Å². The molecule has 1 heterocycles. The number of halogens is 1. The lowest BCUT2D eigenvalue weighted by Crippen LogP contribution is -2.13. The number of hydrogen-bond donors (Lipinski definition) is 2. The van der Waals surface area contributed by atoms with E-state index < -0.39 is 5.97 Å². The number of rotatable bonds is 4. The second kappa shape index (κ2) is 6.67. The second-order valence-corrected chi connectivity index (χ2v) is 4.55. The highest BCUT2D eigenvalue weighted by Crippen LogP contribution is 2.15. The summed E-state index contributed by atoms with van der Waals surface area (Å²) < 4.78 is 0. The number of nitrogens with zero attached hydrogens (tertiary/aromatic N) is 1. The van der Waals surface area contributed by atoms with E-state index >= 15 is 0 Å². The summed E-state index contributed by atoms with van der Waals surface area (Å²) in [4.78, 5) is 26.4. The zero-order chi connectivity index (χ0) is 15.2. The van der Waals surface area contributed by atoms with E-state index in [-0.39, 0.29) is 11.6 Å². The Kier molecular flexibility index (Phi) is 4.68. The highest BCUT2D eigenvalue weighted by Gasteiger charge is 2.07. The molecule has 0 fully saturated rings. The SMILES string of the molecule is O=C(O)C=Cc1ccc(C(=O)Nc2cccc(Cl)c2)nc1. The Morgan fingerprint density at radius 2 is 2.05 bits per heavy atom. The zero-order valence-corrected chi connectivity index (χ0v) is 11.5. The van der Waals surface area contributed by atoms with Crippen molar-refractivity contribution in [3.63, 3.8) is 0 Å². The number of carboxylic acid groups (broad SMARTS) is 1. The third-order valence-corrected chi connectivity index (χ3v) is 2.75. The van der Waals surface area contributed by atoms with Gasteiger partial charge in [0.25, 0.3) is 5.91 Å². The summed E-state index contributed by atoms with van der Waals surface area (Å²) >= 11 is 5.83. The number of carbonyl (C=O) groups excluding carboxylic acids is 1. The van der Waals surface area contributed by atoms with Gasteiger partial charge in [-0.1, -0.05) is 23.7 Å². The first-order chi connectivity index (χ1) is 10.0. The number of aromatic nitrogens is 1. The van der Waals surface area contributed by atoms with Gasteiger partial charge in [-0.15, -0.1) is 0 Å². The lowest BCUT2D eigenvalue weighted by Gasteiger charge is -2.05. The molecule has 0 atom stereocenters. The van der Waals surface area contributed by atoms with Crippen LogP contribution in [0, 0.1) is 0 Å². The first-order valence-electron chi connectivity index (χ1n) is 5.98.